The monoisotopic (exact) mass is 355 g/mol. The molecule has 2 aromatic carbocycles. The van der Waals surface area contributed by atoms with E-state index < -0.39 is 0 Å². The predicted molar refractivity (Wildman–Crippen MR) is 83.2 cm³/mol. The number of nitrogen functional groups attached to an aromatic ring is 1. The molecule has 3 nitrogen and oxygen atoms in total. The maximum atomic E-state index is 6.23. The van der Waals surface area contributed by atoms with Gasteiger partial charge in [0.2, 0.25) is 5.95 Å². The van der Waals surface area contributed by atoms with Crippen LogP contribution < -0.4 is 5.73 Å². The summed E-state index contributed by atoms with van der Waals surface area (Å²) in [6, 6.07) is 11.0. The zero-order valence-electron chi connectivity index (χ0n) is 9.57. The summed E-state index contributed by atoms with van der Waals surface area (Å²) in [5, 5.41) is 1.11. The van der Waals surface area contributed by atoms with Gasteiger partial charge in [-0.05, 0) is 36.4 Å². The molecule has 0 bridgehead atoms. The summed E-state index contributed by atoms with van der Waals surface area (Å²) in [4.78, 5) is 4.32. The Labute approximate surface area is 128 Å². The van der Waals surface area contributed by atoms with E-state index in [1.807, 2.05) is 24.3 Å². The largest absolute Gasteiger partial charge is 0.369 e. The van der Waals surface area contributed by atoms with Gasteiger partial charge in [0.15, 0.2) is 0 Å². The second kappa shape index (κ2) is 4.71. The molecule has 0 spiro atoms. The molecule has 0 aliphatic carbocycles. The van der Waals surface area contributed by atoms with E-state index in [2.05, 4.69) is 20.9 Å². The van der Waals surface area contributed by atoms with Crippen molar-refractivity contribution in [2.24, 2.45) is 0 Å². The Morgan fingerprint density at radius 3 is 2.63 bits per heavy atom. The van der Waals surface area contributed by atoms with E-state index in [4.69, 9.17) is 28.9 Å². The number of hydrogen-bond donors (Lipinski definition) is 1. The fourth-order valence-corrected chi connectivity index (χ4v) is 2.82. The van der Waals surface area contributed by atoms with Gasteiger partial charge in [0.25, 0.3) is 0 Å². The van der Waals surface area contributed by atoms with Gasteiger partial charge in [-0.15, -0.1) is 0 Å². The number of nitrogens with two attached hydrogens (primary N) is 1. The van der Waals surface area contributed by atoms with Gasteiger partial charge in [-0.2, -0.15) is 0 Å². The Morgan fingerprint density at radius 2 is 1.89 bits per heavy atom. The quantitative estimate of drug-likeness (QED) is 0.688. The Kier molecular flexibility index (Phi) is 3.17. The molecular weight excluding hydrogens is 349 g/mol. The highest BCUT2D eigenvalue weighted by molar-refractivity contribution is 9.10. The van der Waals surface area contributed by atoms with Gasteiger partial charge in [0, 0.05) is 9.50 Å². The Balaban J connectivity index is 2.35. The molecule has 0 saturated heterocycles. The third-order valence-electron chi connectivity index (χ3n) is 2.79. The molecular formula is C13H8BrCl2N3. The van der Waals surface area contributed by atoms with E-state index in [1.165, 1.54) is 0 Å². The van der Waals surface area contributed by atoms with Crippen LogP contribution in [0.4, 0.5) is 5.95 Å². The highest BCUT2D eigenvalue weighted by Crippen LogP contribution is 2.31. The molecule has 3 aromatic rings. The molecule has 0 amide bonds. The molecule has 0 atom stereocenters. The molecule has 0 radical (unpaired) electrons. The van der Waals surface area contributed by atoms with Crippen molar-refractivity contribution in [1.29, 1.82) is 0 Å². The SMILES string of the molecule is Nc1nc2ccc(Br)cc2n1-c1ccc(Cl)cc1Cl. The van der Waals surface area contributed by atoms with E-state index in [-0.39, 0.29) is 0 Å². The second-order valence-electron chi connectivity index (χ2n) is 4.03. The molecule has 0 fully saturated rings. The number of rotatable bonds is 1. The summed E-state index contributed by atoms with van der Waals surface area (Å²) in [5.41, 5.74) is 8.44. The highest BCUT2D eigenvalue weighted by atomic mass is 79.9. The van der Waals surface area contributed by atoms with Crippen LogP contribution in [-0.4, -0.2) is 9.55 Å². The summed E-state index contributed by atoms with van der Waals surface area (Å²) >= 11 is 15.6. The first-order valence-corrected chi connectivity index (χ1v) is 7.00. The topological polar surface area (TPSA) is 43.8 Å². The van der Waals surface area contributed by atoms with Crippen LogP contribution in [0.15, 0.2) is 40.9 Å². The number of hydrogen-bond acceptors (Lipinski definition) is 2. The number of fused-ring (bicyclic) bond motifs is 1. The first-order chi connectivity index (χ1) is 9.06. The molecule has 0 aliphatic heterocycles. The van der Waals surface area contributed by atoms with Crippen molar-refractivity contribution in [2.75, 3.05) is 5.73 Å². The van der Waals surface area contributed by atoms with Gasteiger partial charge in [-0.25, -0.2) is 4.98 Å². The van der Waals surface area contributed by atoms with Crippen molar-refractivity contribution in [1.82, 2.24) is 9.55 Å². The zero-order valence-corrected chi connectivity index (χ0v) is 12.7. The van der Waals surface area contributed by atoms with Gasteiger partial charge < -0.3 is 5.73 Å². The van der Waals surface area contributed by atoms with Crippen molar-refractivity contribution < 1.29 is 0 Å². The minimum atomic E-state index is 0.386. The molecule has 0 unspecified atom stereocenters. The number of imidazole rings is 1. The van der Waals surface area contributed by atoms with Crippen LogP contribution in [0, 0.1) is 0 Å². The fraction of sp³-hybridized carbons (Fsp3) is 0. The fourth-order valence-electron chi connectivity index (χ4n) is 1.98. The molecule has 2 N–H and O–H groups in total. The van der Waals surface area contributed by atoms with Crippen LogP contribution >= 0.6 is 39.1 Å². The standard InChI is InChI=1S/C13H8BrCl2N3/c14-7-1-3-10-12(5-7)19(13(17)18-10)11-4-2-8(15)6-9(11)16/h1-6H,(H2,17,18). The van der Waals surface area contributed by atoms with Crippen molar-refractivity contribution in [3.63, 3.8) is 0 Å². The third-order valence-corrected chi connectivity index (χ3v) is 3.82. The zero-order chi connectivity index (χ0) is 13.6. The Morgan fingerprint density at radius 1 is 1.11 bits per heavy atom. The maximum absolute atomic E-state index is 6.23. The van der Waals surface area contributed by atoms with Gasteiger partial charge >= 0.3 is 0 Å². The van der Waals surface area contributed by atoms with Crippen LogP contribution in [0.5, 0.6) is 0 Å². The molecule has 0 saturated carbocycles. The van der Waals surface area contributed by atoms with Crippen molar-refractivity contribution in [3.8, 4) is 5.69 Å². The average molecular weight is 357 g/mol. The smallest absolute Gasteiger partial charge is 0.205 e. The summed E-state index contributed by atoms with van der Waals surface area (Å²) in [6.45, 7) is 0. The van der Waals surface area contributed by atoms with E-state index in [0.717, 1.165) is 21.2 Å². The van der Waals surface area contributed by atoms with Gasteiger partial charge in [0.05, 0.1) is 21.7 Å². The van der Waals surface area contributed by atoms with Crippen LogP contribution in [0.25, 0.3) is 16.7 Å². The second-order valence-corrected chi connectivity index (χ2v) is 5.79. The first-order valence-electron chi connectivity index (χ1n) is 5.45. The third kappa shape index (κ3) is 2.20. The van der Waals surface area contributed by atoms with E-state index in [0.29, 0.717) is 16.0 Å². The number of nitrogens with zero attached hydrogens (tertiary/aromatic N) is 2. The number of aromatic nitrogens is 2. The van der Waals surface area contributed by atoms with Crippen molar-refractivity contribution in [2.45, 2.75) is 0 Å². The normalized spacial score (nSPS) is 11.1. The van der Waals surface area contributed by atoms with Crippen molar-refractivity contribution >= 4 is 56.1 Å². The summed E-state index contributed by atoms with van der Waals surface area (Å²) in [6.07, 6.45) is 0. The number of anilines is 1. The Bertz CT molecular complexity index is 783. The van der Waals surface area contributed by atoms with Crippen LogP contribution in [0.3, 0.4) is 0 Å². The van der Waals surface area contributed by atoms with E-state index in [9.17, 15) is 0 Å². The molecule has 1 aromatic heterocycles. The predicted octanol–water partition coefficient (Wildman–Crippen LogP) is 4.68. The first kappa shape index (κ1) is 12.8. The molecule has 3 rings (SSSR count). The maximum Gasteiger partial charge on any atom is 0.205 e. The van der Waals surface area contributed by atoms with Crippen LogP contribution in [0.2, 0.25) is 10.0 Å². The lowest BCUT2D eigenvalue weighted by Gasteiger charge is -2.09. The van der Waals surface area contributed by atoms with Gasteiger partial charge in [-0.1, -0.05) is 39.1 Å². The van der Waals surface area contributed by atoms with E-state index in [1.54, 1.807) is 16.7 Å². The number of halogens is 3. The van der Waals surface area contributed by atoms with Crippen LogP contribution in [-0.2, 0) is 0 Å². The van der Waals surface area contributed by atoms with Crippen molar-refractivity contribution in [3.05, 3.63) is 50.9 Å². The van der Waals surface area contributed by atoms with Crippen LogP contribution in [0.1, 0.15) is 0 Å². The summed E-state index contributed by atoms with van der Waals surface area (Å²) in [7, 11) is 0. The number of benzene rings is 2. The Hall–Kier alpha value is -1.23. The molecule has 1 heterocycles. The molecule has 0 aliphatic rings. The average Bonchev–Trinajstić information content (AvgIpc) is 2.65. The lowest BCUT2D eigenvalue weighted by molar-refractivity contribution is 1.11. The van der Waals surface area contributed by atoms with Gasteiger partial charge in [-0.3, -0.25) is 4.57 Å². The lowest BCUT2D eigenvalue weighted by atomic mass is 10.3. The molecule has 96 valence electrons. The highest BCUT2D eigenvalue weighted by Gasteiger charge is 2.13. The summed E-state index contributed by atoms with van der Waals surface area (Å²) < 4.78 is 2.75. The van der Waals surface area contributed by atoms with E-state index >= 15 is 0 Å². The minimum Gasteiger partial charge on any atom is -0.369 e. The summed E-state index contributed by atoms with van der Waals surface area (Å²) in [5.74, 6) is 0.386. The lowest BCUT2D eigenvalue weighted by Crippen LogP contribution is -2.01. The molecule has 6 heteroatoms. The molecule has 19 heavy (non-hydrogen) atoms. The minimum absolute atomic E-state index is 0.386. The van der Waals surface area contributed by atoms with Gasteiger partial charge in [0.1, 0.15) is 0 Å².